The summed E-state index contributed by atoms with van der Waals surface area (Å²) < 4.78 is 4.89. The SMILES string of the molecule is COc1cc[c]cc1.[CH2]c1ccccc1. The molecule has 15 heavy (non-hydrogen) atoms. The van der Waals surface area contributed by atoms with Crippen molar-refractivity contribution in [1.29, 1.82) is 0 Å². The summed E-state index contributed by atoms with van der Waals surface area (Å²) in [5.74, 6) is 0.878. The van der Waals surface area contributed by atoms with E-state index in [2.05, 4.69) is 13.0 Å². The number of benzene rings is 2. The van der Waals surface area contributed by atoms with Crippen LogP contribution in [-0.2, 0) is 0 Å². The van der Waals surface area contributed by atoms with E-state index < -0.39 is 0 Å². The highest BCUT2D eigenvalue weighted by Gasteiger charge is 1.80. The normalized spacial score (nSPS) is 8.67. The summed E-state index contributed by atoms with van der Waals surface area (Å²) >= 11 is 0. The van der Waals surface area contributed by atoms with Crippen molar-refractivity contribution in [2.45, 2.75) is 0 Å². The largest absolute Gasteiger partial charge is 0.497 e. The first kappa shape index (κ1) is 11.3. The highest BCUT2D eigenvalue weighted by Crippen LogP contribution is 2.05. The highest BCUT2D eigenvalue weighted by atomic mass is 16.5. The van der Waals surface area contributed by atoms with E-state index in [1.165, 1.54) is 0 Å². The summed E-state index contributed by atoms with van der Waals surface area (Å²) in [6, 6.07) is 20.1. The van der Waals surface area contributed by atoms with Crippen LogP contribution in [0.3, 0.4) is 0 Å². The molecule has 0 spiro atoms. The van der Waals surface area contributed by atoms with E-state index in [1.54, 1.807) is 7.11 Å². The molecule has 0 aliphatic rings. The van der Waals surface area contributed by atoms with Gasteiger partial charge in [-0.15, -0.1) is 0 Å². The van der Waals surface area contributed by atoms with E-state index in [9.17, 15) is 0 Å². The van der Waals surface area contributed by atoms with Crippen LogP contribution in [0.25, 0.3) is 0 Å². The summed E-state index contributed by atoms with van der Waals surface area (Å²) in [6.07, 6.45) is 0. The van der Waals surface area contributed by atoms with Gasteiger partial charge in [0.15, 0.2) is 0 Å². The van der Waals surface area contributed by atoms with Crippen molar-refractivity contribution in [3.05, 3.63) is 73.2 Å². The van der Waals surface area contributed by atoms with Crippen LogP contribution >= 0.6 is 0 Å². The number of ether oxygens (including phenoxy) is 1. The zero-order chi connectivity index (χ0) is 10.9. The maximum absolute atomic E-state index is 4.89. The smallest absolute Gasteiger partial charge is 0.118 e. The van der Waals surface area contributed by atoms with Crippen molar-refractivity contribution in [3.8, 4) is 5.75 Å². The predicted molar refractivity (Wildman–Crippen MR) is 62.7 cm³/mol. The topological polar surface area (TPSA) is 9.23 Å². The van der Waals surface area contributed by atoms with E-state index in [0.29, 0.717) is 0 Å². The quantitative estimate of drug-likeness (QED) is 0.682. The molecule has 0 heterocycles. The van der Waals surface area contributed by atoms with Crippen LogP contribution < -0.4 is 4.74 Å². The first-order valence-electron chi connectivity index (χ1n) is 4.70. The van der Waals surface area contributed by atoms with Gasteiger partial charge in [-0.1, -0.05) is 42.5 Å². The van der Waals surface area contributed by atoms with Gasteiger partial charge in [-0.25, -0.2) is 0 Å². The van der Waals surface area contributed by atoms with Gasteiger partial charge in [-0.05, 0) is 30.7 Å². The molecule has 2 aromatic carbocycles. The van der Waals surface area contributed by atoms with Crippen molar-refractivity contribution in [1.82, 2.24) is 0 Å². The summed E-state index contributed by atoms with van der Waals surface area (Å²) in [5, 5.41) is 0. The van der Waals surface area contributed by atoms with Crippen LogP contribution in [0.5, 0.6) is 5.75 Å². The molecule has 1 nitrogen and oxygen atoms in total. The third kappa shape index (κ3) is 4.87. The fourth-order valence-corrected chi connectivity index (χ4v) is 0.986. The Bertz CT molecular complexity index is 354. The van der Waals surface area contributed by atoms with E-state index in [-0.39, 0.29) is 0 Å². The van der Waals surface area contributed by atoms with Crippen LogP contribution in [0.4, 0.5) is 0 Å². The van der Waals surface area contributed by atoms with Crippen molar-refractivity contribution in [2.24, 2.45) is 0 Å². The van der Waals surface area contributed by atoms with Gasteiger partial charge in [-0.2, -0.15) is 0 Å². The van der Waals surface area contributed by atoms with Gasteiger partial charge in [0.25, 0.3) is 0 Å². The zero-order valence-electron chi connectivity index (χ0n) is 8.81. The zero-order valence-corrected chi connectivity index (χ0v) is 8.81. The van der Waals surface area contributed by atoms with Gasteiger partial charge in [0.1, 0.15) is 5.75 Å². The van der Waals surface area contributed by atoms with Crippen molar-refractivity contribution in [2.75, 3.05) is 7.11 Å². The number of rotatable bonds is 1. The van der Waals surface area contributed by atoms with Crippen LogP contribution in [0, 0.1) is 13.0 Å². The summed E-state index contributed by atoms with van der Waals surface area (Å²) in [7, 11) is 1.65. The summed E-state index contributed by atoms with van der Waals surface area (Å²) in [4.78, 5) is 0. The average Bonchev–Trinajstić information content (AvgIpc) is 2.32. The van der Waals surface area contributed by atoms with E-state index in [1.807, 2.05) is 54.6 Å². The second-order valence-electron chi connectivity index (χ2n) is 2.93. The molecule has 0 unspecified atom stereocenters. The van der Waals surface area contributed by atoms with Crippen LogP contribution in [0.15, 0.2) is 54.6 Å². The average molecular weight is 198 g/mol. The first-order valence-corrected chi connectivity index (χ1v) is 4.70. The second-order valence-corrected chi connectivity index (χ2v) is 2.93. The Kier molecular flexibility index (Phi) is 5.02. The Labute approximate surface area is 91.3 Å². The molecule has 2 rings (SSSR count). The fraction of sp³-hybridized carbons (Fsp3) is 0.0714. The molecule has 0 bridgehead atoms. The van der Waals surface area contributed by atoms with Gasteiger partial charge in [0, 0.05) is 0 Å². The minimum absolute atomic E-state index is 0.878. The van der Waals surface area contributed by atoms with Gasteiger partial charge in [0.2, 0.25) is 0 Å². The molecule has 0 atom stereocenters. The molecule has 2 aromatic rings. The summed E-state index contributed by atoms with van der Waals surface area (Å²) in [5.41, 5.74) is 1.07. The maximum atomic E-state index is 4.89. The standard InChI is InChI=1S/C7H7O.C7H7/c1-8-7-5-3-2-4-6-7;1-7-5-3-2-4-6-7/h3-6H,1H3;2-6H,1H2. The molecular weight excluding hydrogens is 184 g/mol. The lowest BCUT2D eigenvalue weighted by Crippen LogP contribution is -1.78. The maximum Gasteiger partial charge on any atom is 0.118 e. The van der Waals surface area contributed by atoms with Gasteiger partial charge < -0.3 is 4.74 Å². The van der Waals surface area contributed by atoms with Crippen LogP contribution in [0.2, 0.25) is 0 Å². The van der Waals surface area contributed by atoms with E-state index in [4.69, 9.17) is 4.74 Å². The molecule has 0 saturated heterocycles. The monoisotopic (exact) mass is 198 g/mol. The molecule has 0 N–H and O–H groups in total. The predicted octanol–water partition coefficient (Wildman–Crippen LogP) is 3.36. The number of methoxy groups -OCH3 is 1. The molecule has 1 heteroatoms. The molecule has 0 saturated carbocycles. The molecular formula is C14H14O. The number of hydrogen-bond donors (Lipinski definition) is 0. The molecule has 0 aliphatic heterocycles. The lowest BCUT2D eigenvalue weighted by Gasteiger charge is -1.93. The molecule has 0 amide bonds. The Hall–Kier alpha value is -1.76. The van der Waals surface area contributed by atoms with Crippen LogP contribution in [0.1, 0.15) is 5.56 Å². The highest BCUT2D eigenvalue weighted by molar-refractivity contribution is 5.19. The lowest BCUT2D eigenvalue weighted by molar-refractivity contribution is 0.415. The van der Waals surface area contributed by atoms with Crippen molar-refractivity contribution in [3.63, 3.8) is 0 Å². The molecule has 0 aromatic heterocycles. The van der Waals surface area contributed by atoms with E-state index >= 15 is 0 Å². The Morgan fingerprint density at radius 2 is 1.60 bits per heavy atom. The molecule has 76 valence electrons. The second kappa shape index (κ2) is 6.66. The third-order valence-electron chi connectivity index (χ3n) is 1.77. The Morgan fingerprint density at radius 1 is 1.00 bits per heavy atom. The van der Waals surface area contributed by atoms with Crippen molar-refractivity contribution >= 4 is 0 Å². The van der Waals surface area contributed by atoms with Crippen LogP contribution in [-0.4, -0.2) is 7.11 Å². The van der Waals surface area contributed by atoms with Gasteiger partial charge in [-0.3, -0.25) is 0 Å². The minimum Gasteiger partial charge on any atom is -0.497 e. The lowest BCUT2D eigenvalue weighted by atomic mass is 10.2. The Balaban J connectivity index is 0.000000151. The van der Waals surface area contributed by atoms with Crippen molar-refractivity contribution < 1.29 is 4.74 Å². The van der Waals surface area contributed by atoms with Gasteiger partial charge >= 0.3 is 0 Å². The third-order valence-corrected chi connectivity index (χ3v) is 1.77. The van der Waals surface area contributed by atoms with E-state index in [0.717, 1.165) is 11.3 Å². The number of hydrogen-bond acceptors (Lipinski definition) is 1. The first-order chi connectivity index (χ1) is 7.33. The molecule has 0 fully saturated rings. The fourth-order valence-electron chi connectivity index (χ4n) is 0.986. The molecule has 0 aliphatic carbocycles. The Morgan fingerprint density at radius 3 is 1.93 bits per heavy atom. The van der Waals surface area contributed by atoms with Gasteiger partial charge in [0.05, 0.1) is 7.11 Å². The molecule has 2 radical (unpaired) electrons. The minimum atomic E-state index is 0.878. The summed E-state index contributed by atoms with van der Waals surface area (Å²) in [6.45, 7) is 3.72.